The molecular weight excluding hydrogens is 292 g/mol. The van der Waals surface area contributed by atoms with Crippen LogP contribution in [0.3, 0.4) is 0 Å². The second-order valence-electron chi connectivity index (χ2n) is 6.26. The number of thioether (sulfide) groups is 1. The summed E-state index contributed by atoms with van der Waals surface area (Å²) in [6, 6.07) is 0. The number of nitrogens with one attached hydrogen (secondary N) is 2. The number of hydrogen-bond donors (Lipinski definition) is 2. The average Bonchev–Trinajstić information content (AvgIpc) is 2.47. The maximum Gasteiger partial charge on any atom is 0.211 e. The van der Waals surface area contributed by atoms with Crippen LogP contribution in [-0.2, 0) is 10.0 Å². The zero-order valence-electron chi connectivity index (χ0n) is 12.5. The molecule has 2 aliphatic rings. The Morgan fingerprint density at radius 3 is 2.60 bits per heavy atom. The highest BCUT2D eigenvalue weighted by atomic mass is 32.2. The third kappa shape index (κ3) is 4.90. The average molecular weight is 321 g/mol. The summed E-state index contributed by atoms with van der Waals surface area (Å²) in [6.45, 7) is 2.48. The molecule has 0 radical (unpaired) electrons. The van der Waals surface area contributed by atoms with Gasteiger partial charge in [-0.05, 0) is 50.9 Å². The molecule has 1 saturated heterocycles. The summed E-state index contributed by atoms with van der Waals surface area (Å²) in [5, 5.41) is 3.29. The van der Waals surface area contributed by atoms with E-state index in [0.717, 1.165) is 38.8 Å². The largest absolute Gasteiger partial charge is 0.316 e. The first kappa shape index (κ1) is 16.6. The summed E-state index contributed by atoms with van der Waals surface area (Å²) < 4.78 is 27.5. The summed E-state index contributed by atoms with van der Waals surface area (Å²) in [5.74, 6) is 0.558. The summed E-state index contributed by atoms with van der Waals surface area (Å²) in [4.78, 5) is 0. The molecule has 0 aromatic heterocycles. The molecule has 0 bridgehead atoms. The first-order chi connectivity index (χ1) is 9.55. The summed E-state index contributed by atoms with van der Waals surface area (Å²) in [6.07, 6.45) is 10.3. The Kier molecular flexibility index (Phi) is 6.20. The van der Waals surface area contributed by atoms with E-state index in [0.29, 0.717) is 6.54 Å². The van der Waals surface area contributed by atoms with Crippen LogP contribution in [0, 0.1) is 5.92 Å². The third-order valence-corrected chi connectivity index (χ3v) is 7.58. The molecule has 4 nitrogen and oxygen atoms in total. The minimum atomic E-state index is -3.13. The Bertz CT molecular complexity index is 386. The molecule has 1 heterocycles. The lowest BCUT2D eigenvalue weighted by molar-refractivity contribution is 0.388. The maximum absolute atomic E-state index is 12.3. The fraction of sp³-hybridized carbons (Fsp3) is 1.00. The van der Waals surface area contributed by atoms with E-state index in [2.05, 4.69) is 16.3 Å². The molecule has 0 spiro atoms. The van der Waals surface area contributed by atoms with Crippen LogP contribution < -0.4 is 10.0 Å². The molecule has 2 N–H and O–H groups in total. The maximum atomic E-state index is 12.3. The lowest BCUT2D eigenvalue weighted by Crippen LogP contribution is -2.44. The summed E-state index contributed by atoms with van der Waals surface area (Å²) in [5.41, 5.74) is 0. The number of sulfonamides is 1. The molecule has 2 fully saturated rings. The Morgan fingerprint density at radius 2 is 2.00 bits per heavy atom. The van der Waals surface area contributed by atoms with Gasteiger partial charge in [0.2, 0.25) is 10.0 Å². The minimum absolute atomic E-state index is 0.135. The van der Waals surface area contributed by atoms with E-state index in [1.54, 1.807) is 0 Å². The quantitative estimate of drug-likeness (QED) is 0.785. The zero-order valence-corrected chi connectivity index (χ0v) is 14.1. The smallest absolute Gasteiger partial charge is 0.211 e. The van der Waals surface area contributed by atoms with Crippen LogP contribution in [0.1, 0.15) is 44.9 Å². The molecule has 0 aromatic carbocycles. The van der Waals surface area contributed by atoms with E-state index in [-0.39, 0.29) is 16.4 Å². The topological polar surface area (TPSA) is 58.2 Å². The van der Waals surface area contributed by atoms with Gasteiger partial charge in [-0.1, -0.05) is 19.3 Å². The van der Waals surface area contributed by atoms with Gasteiger partial charge in [0.25, 0.3) is 0 Å². The third-order valence-electron chi connectivity index (χ3n) is 4.67. The van der Waals surface area contributed by atoms with Gasteiger partial charge >= 0.3 is 0 Å². The second kappa shape index (κ2) is 7.47. The molecule has 1 saturated carbocycles. The van der Waals surface area contributed by atoms with Crippen molar-refractivity contribution in [2.75, 3.05) is 31.6 Å². The summed E-state index contributed by atoms with van der Waals surface area (Å²) in [7, 11) is -3.13. The predicted octanol–water partition coefficient (Wildman–Crippen LogP) is 1.97. The molecule has 1 aliphatic carbocycles. The van der Waals surface area contributed by atoms with Crippen molar-refractivity contribution in [3.8, 4) is 0 Å². The Labute approximate surface area is 127 Å². The highest BCUT2D eigenvalue weighted by molar-refractivity contribution is 8.00. The van der Waals surface area contributed by atoms with Gasteiger partial charge in [0.05, 0.1) is 5.75 Å². The van der Waals surface area contributed by atoms with Crippen LogP contribution in [0.2, 0.25) is 0 Å². The fourth-order valence-electron chi connectivity index (χ4n) is 3.33. The number of hydrogen-bond acceptors (Lipinski definition) is 4. The van der Waals surface area contributed by atoms with Crippen LogP contribution in [-0.4, -0.2) is 44.8 Å². The van der Waals surface area contributed by atoms with Gasteiger partial charge in [0.15, 0.2) is 0 Å². The monoisotopic (exact) mass is 320 g/mol. The molecule has 0 aromatic rings. The van der Waals surface area contributed by atoms with E-state index in [4.69, 9.17) is 0 Å². The molecule has 1 atom stereocenters. The fourth-order valence-corrected chi connectivity index (χ4v) is 5.85. The van der Waals surface area contributed by atoms with Gasteiger partial charge in [-0.2, -0.15) is 11.8 Å². The van der Waals surface area contributed by atoms with E-state index in [1.165, 1.54) is 19.3 Å². The lowest BCUT2D eigenvalue weighted by Gasteiger charge is -2.36. The van der Waals surface area contributed by atoms with Crippen molar-refractivity contribution in [3.05, 3.63) is 0 Å². The standard InChI is InChI=1S/C14H28N2O2S2/c1-19-14(7-3-2-4-8-14)12-16-20(17,18)11-13-6-5-9-15-10-13/h13,15-16H,2-12H2,1H3. The Hall–Kier alpha value is 0.220. The van der Waals surface area contributed by atoms with Gasteiger partial charge < -0.3 is 5.32 Å². The number of rotatable bonds is 6. The van der Waals surface area contributed by atoms with Crippen LogP contribution in [0.25, 0.3) is 0 Å². The number of piperidine rings is 1. The van der Waals surface area contributed by atoms with Crippen molar-refractivity contribution in [2.24, 2.45) is 5.92 Å². The van der Waals surface area contributed by atoms with Crippen LogP contribution >= 0.6 is 11.8 Å². The molecule has 118 valence electrons. The highest BCUT2D eigenvalue weighted by Crippen LogP contribution is 2.38. The molecule has 20 heavy (non-hydrogen) atoms. The van der Waals surface area contributed by atoms with Crippen molar-refractivity contribution >= 4 is 21.8 Å². The van der Waals surface area contributed by atoms with Gasteiger partial charge in [-0.15, -0.1) is 0 Å². The molecule has 0 amide bonds. The SMILES string of the molecule is CSC1(CNS(=O)(=O)CC2CCCNC2)CCCCC1. The van der Waals surface area contributed by atoms with Gasteiger partial charge in [-0.25, -0.2) is 13.1 Å². The second-order valence-corrected chi connectivity index (χ2v) is 9.39. The van der Waals surface area contributed by atoms with Crippen LogP contribution in [0.4, 0.5) is 0 Å². The van der Waals surface area contributed by atoms with Gasteiger partial charge in [-0.3, -0.25) is 0 Å². The van der Waals surface area contributed by atoms with Gasteiger partial charge in [0, 0.05) is 11.3 Å². The Balaban J connectivity index is 1.84. The van der Waals surface area contributed by atoms with Crippen molar-refractivity contribution in [3.63, 3.8) is 0 Å². The molecule has 1 aliphatic heterocycles. The van der Waals surface area contributed by atoms with Crippen LogP contribution in [0.5, 0.6) is 0 Å². The first-order valence-corrected chi connectivity index (χ1v) is 10.7. The van der Waals surface area contributed by atoms with Gasteiger partial charge in [0.1, 0.15) is 0 Å². The van der Waals surface area contributed by atoms with E-state index < -0.39 is 10.0 Å². The predicted molar refractivity (Wildman–Crippen MR) is 86.7 cm³/mol. The van der Waals surface area contributed by atoms with Crippen molar-refractivity contribution in [1.29, 1.82) is 0 Å². The van der Waals surface area contributed by atoms with E-state index in [1.807, 2.05) is 11.8 Å². The summed E-state index contributed by atoms with van der Waals surface area (Å²) >= 11 is 1.84. The lowest BCUT2D eigenvalue weighted by atomic mass is 9.88. The highest BCUT2D eigenvalue weighted by Gasteiger charge is 2.32. The van der Waals surface area contributed by atoms with Crippen molar-refractivity contribution < 1.29 is 8.42 Å². The van der Waals surface area contributed by atoms with E-state index in [9.17, 15) is 8.42 Å². The zero-order chi connectivity index (χ0) is 14.5. The molecule has 6 heteroatoms. The minimum Gasteiger partial charge on any atom is -0.316 e. The van der Waals surface area contributed by atoms with E-state index >= 15 is 0 Å². The molecule has 1 unspecified atom stereocenters. The van der Waals surface area contributed by atoms with Crippen molar-refractivity contribution in [2.45, 2.75) is 49.7 Å². The first-order valence-electron chi connectivity index (χ1n) is 7.78. The van der Waals surface area contributed by atoms with Crippen LogP contribution in [0.15, 0.2) is 0 Å². The van der Waals surface area contributed by atoms with Crippen molar-refractivity contribution in [1.82, 2.24) is 10.0 Å². The Morgan fingerprint density at radius 1 is 1.25 bits per heavy atom. The molecular formula is C14H28N2O2S2. The molecule has 2 rings (SSSR count). The normalized spacial score (nSPS) is 27.4.